The van der Waals surface area contributed by atoms with Gasteiger partial charge in [-0.2, -0.15) is 10.4 Å². The molecule has 1 saturated heterocycles. The van der Waals surface area contributed by atoms with Crippen molar-refractivity contribution < 1.29 is 9.53 Å². The van der Waals surface area contributed by atoms with Gasteiger partial charge in [-0.25, -0.2) is 4.68 Å². The molecule has 0 N–H and O–H groups in total. The number of carbonyl (C=O) groups is 1. The molecule has 1 atom stereocenters. The Bertz CT molecular complexity index is 1010. The number of aromatic nitrogens is 2. The number of aryl methyl sites for hydroxylation is 1. The molecule has 8 nitrogen and oxygen atoms in total. The maximum Gasteiger partial charge on any atom is 0.269 e. The van der Waals surface area contributed by atoms with Crippen LogP contribution in [-0.4, -0.2) is 61.0 Å². The maximum absolute atomic E-state index is 13.0. The average molecular weight is 409 g/mol. The van der Waals surface area contributed by atoms with Gasteiger partial charge in [0, 0.05) is 45.4 Å². The predicted octanol–water partition coefficient (Wildman–Crippen LogP) is 1.98. The van der Waals surface area contributed by atoms with Crippen LogP contribution in [0.15, 0.2) is 35.3 Å². The molecule has 158 valence electrons. The number of ether oxygens (including phenoxy) is 1. The quantitative estimate of drug-likeness (QED) is 0.725. The summed E-state index contributed by atoms with van der Waals surface area (Å²) in [6, 6.07) is 8.59. The third kappa shape index (κ3) is 4.69. The van der Waals surface area contributed by atoms with Crippen LogP contribution in [0.3, 0.4) is 0 Å². The number of nitrogens with zero attached hydrogens (tertiary/aromatic N) is 5. The Morgan fingerprint density at radius 1 is 1.40 bits per heavy atom. The Kier molecular flexibility index (Phi) is 6.85. The molecule has 1 aliphatic rings. The third-order valence-corrected chi connectivity index (χ3v) is 5.50. The van der Waals surface area contributed by atoms with Gasteiger partial charge >= 0.3 is 0 Å². The van der Waals surface area contributed by atoms with Crippen molar-refractivity contribution in [1.29, 1.82) is 5.26 Å². The Morgan fingerprint density at radius 2 is 2.20 bits per heavy atom. The minimum atomic E-state index is -0.175. The summed E-state index contributed by atoms with van der Waals surface area (Å²) in [5.41, 5.74) is 2.47. The number of hydrogen-bond donors (Lipinski definition) is 0. The Morgan fingerprint density at radius 3 is 2.87 bits per heavy atom. The van der Waals surface area contributed by atoms with Crippen LogP contribution >= 0.6 is 0 Å². The fourth-order valence-electron chi connectivity index (χ4n) is 3.73. The fraction of sp³-hybridized carbons (Fsp3) is 0.455. The van der Waals surface area contributed by atoms with E-state index in [4.69, 9.17) is 10.00 Å². The van der Waals surface area contributed by atoms with Crippen LogP contribution in [0.25, 0.3) is 0 Å². The van der Waals surface area contributed by atoms with Crippen LogP contribution in [0.4, 0.5) is 5.69 Å². The van der Waals surface area contributed by atoms with E-state index in [1.54, 1.807) is 42.5 Å². The lowest BCUT2D eigenvalue weighted by atomic mass is 10.0. The smallest absolute Gasteiger partial charge is 0.269 e. The second-order valence-electron chi connectivity index (χ2n) is 7.60. The molecule has 3 rings (SSSR count). The second-order valence-corrected chi connectivity index (χ2v) is 7.60. The lowest BCUT2D eigenvalue weighted by molar-refractivity contribution is 0.0669. The molecule has 2 aromatic rings. The molecule has 1 aromatic carbocycles. The molecule has 0 radical (unpaired) electrons. The first-order valence-corrected chi connectivity index (χ1v) is 10.0. The SMILES string of the molecule is COCCN(C)c1cnn(C2CCCN(C(=O)c3ccc(C#N)cc3C)C2)c(=O)c1. The first kappa shape index (κ1) is 21.5. The van der Waals surface area contributed by atoms with Gasteiger partial charge in [0.2, 0.25) is 0 Å². The van der Waals surface area contributed by atoms with E-state index < -0.39 is 0 Å². The van der Waals surface area contributed by atoms with Crippen molar-refractivity contribution in [1.82, 2.24) is 14.7 Å². The fourth-order valence-corrected chi connectivity index (χ4v) is 3.73. The van der Waals surface area contributed by atoms with Gasteiger partial charge in [-0.1, -0.05) is 0 Å². The molecule has 0 saturated carbocycles. The molecular formula is C22H27N5O3. The highest BCUT2D eigenvalue weighted by Crippen LogP contribution is 2.23. The highest BCUT2D eigenvalue weighted by Gasteiger charge is 2.27. The van der Waals surface area contributed by atoms with Crippen molar-refractivity contribution in [2.24, 2.45) is 0 Å². The van der Waals surface area contributed by atoms with E-state index >= 15 is 0 Å². The number of piperidine rings is 1. The number of carbonyl (C=O) groups excluding carboxylic acids is 1. The number of nitriles is 1. The molecule has 1 amide bonds. The summed E-state index contributed by atoms with van der Waals surface area (Å²) in [4.78, 5) is 29.4. The number of likely N-dealkylation sites (N-methyl/N-ethyl adjacent to an activating group) is 1. The number of anilines is 1. The molecule has 0 bridgehead atoms. The number of hydrogen-bond acceptors (Lipinski definition) is 6. The van der Waals surface area contributed by atoms with Crippen LogP contribution < -0.4 is 10.5 Å². The van der Waals surface area contributed by atoms with Crippen molar-refractivity contribution in [3.8, 4) is 6.07 Å². The molecule has 1 aromatic heterocycles. The van der Waals surface area contributed by atoms with E-state index in [9.17, 15) is 9.59 Å². The Balaban J connectivity index is 1.75. The summed E-state index contributed by atoms with van der Waals surface area (Å²) in [5.74, 6) is -0.0781. The Labute approximate surface area is 176 Å². The number of benzene rings is 1. The van der Waals surface area contributed by atoms with Gasteiger partial charge in [0.05, 0.1) is 36.2 Å². The molecule has 2 heterocycles. The first-order valence-electron chi connectivity index (χ1n) is 10.0. The number of methoxy groups -OCH3 is 1. The van der Waals surface area contributed by atoms with Crippen LogP contribution in [0.5, 0.6) is 0 Å². The van der Waals surface area contributed by atoms with Gasteiger partial charge in [-0.05, 0) is 43.5 Å². The monoisotopic (exact) mass is 409 g/mol. The molecule has 1 unspecified atom stereocenters. The summed E-state index contributed by atoms with van der Waals surface area (Å²) < 4.78 is 6.56. The average Bonchev–Trinajstić information content (AvgIpc) is 2.76. The second kappa shape index (κ2) is 9.55. The molecule has 0 aliphatic carbocycles. The van der Waals surface area contributed by atoms with Crippen LogP contribution in [-0.2, 0) is 4.74 Å². The molecule has 1 fully saturated rings. The lowest BCUT2D eigenvalue weighted by Gasteiger charge is -2.33. The highest BCUT2D eigenvalue weighted by molar-refractivity contribution is 5.95. The summed E-state index contributed by atoms with van der Waals surface area (Å²) >= 11 is 0. The topological polar surface area (TPSA) is 91.5 Å². The summed E-state index contributed by atoms with van der Waals surface area (Å²) in [7, 11) is 3.53. The number of amides is 1. The minimum Gasteiger partial charge on any atom is -0.383 e. The zero-order valence-electron chi connectivity index (χ0n) is 17.7. The van der Waals surface area contributed by atoms with E-state index in [2.05, 4.69) is 11.2 Å². The third-order valence-electron chi connectivity index (χ3n) is 5.50. The van der Waals surface area contributed by atoms with E-state index in [1.165, 1.54) is 4.68 Å². The predicted molar refractivity (Wildman–Crippen MR) is 114 cm³/mol. The molecular weight excluding hydrogens is 382 g/mol. The molecule has 8 heteroatoms. The van der Waals surface area contributed by atoms with Crippen LogP contribution in [0.1, 0.15) is 40.4 Å². The number of rotatable bonds is 6. The van der Waals surface area contributed by atoms with Crippen molar-refractivity contribution in [3.63, 3.8) is 0 Å². The van der Waals surface area contributed by atoms with E-state index in [0.717, 1.165) is 24.1 Å². The van der Waals surface area contributed by atoms with Crippen molar-refractivity contribution in [2.75, 3.05) is 45.3 Å². The maximum atomic E-state index is 13.0. The highest BCUT2D eigenvalue weighted by atomic mass is 16.5. The summed E-state index contributed by atoms with van der Waals surface area (Å²) in [6.07, 6.45) is 3.28. The molecule has 30 heavy (non-hydrogen) atoms. The van der Waals surface area contributed by atoms with Gasteiger partial charge < -0.3 is 14.5 Å². The summed E-state index contributed by atoms with van der Waals surface area (Å²) in [5, 5.41) is 13.4. The van der Waals surface area contributed by atoms with Gasteiger partial charge in [0.1, 0.15) is 0 Å². The minimum absolute atomic E-state index is 0.0781. The lowest BCUT2D eigenvalue weighted by Crippen LogP contribution is -2.43. The van der Waals surface area contributed by atoms with E-state index in [-0.39, 0.29) is 17.5 Å². The van der Waals surface area contributed by atoms with Crippen molar-refractivity contribution in [3.05, 3.63) is 57.5 Å². The van der Waals surface area contributed by atoms with E-state index in [0.29, 0.717) is 37.4 Å². The van der Waals surface area contributed by atoms with Crippen molar-refractivity contribution >= 4 is 11.6 Å². The number of likely N-dealkylation sites (tertiary alicyclic amines) is 1. The molecule has 0 spiro atoms. The Hall–Kier alpha value is -3.18. The van der Waals surface area contributed by atoms with E-state index in [1.807, 2.05) is 18.9 Å². The zero-order chi connectivity index (χ0) is 21.7. The first-order chi connectivity index (χ1) is 14.4. The van der Waals surface area contributed by atoms with Gasteiger partial charge in [0.15, 0.2) is 0 Å². The normalized spacial score (nSPS) is 16.2. The standard InChI is InChI=1S/C22H27N5O3/c1-16-11-17(13-23)6-7-20(16)22(29)26-8-4-5-18(15-26)27-21(28)12-19(14-24-27)25(2)9-10-30-3/h6-7,11-12,14,18H,4-5,8-10,15H2,1-3H3. The molecule has 1 aliphatic heterocycles. The van der Waals surface area contributed by atoms with Crippen LogP contribution in [0, 0.1) is 18.3 Å². The van der Waals surface area contributed by atoms with Gasteiger partial charge in [0.25, 0.3) is 11.5 Å². The largest absolute Gasteiger partial charge is 0.383 e. The van der Waals surface area contributed by atoms with Crippen LogP contribution in [0.2, 0.25) is 0 Å². The van der Waals surface area contributed by atoms with Gasteiger partial charge in [-0.15, -0.1) is 0 Å². The zero-order valence-corrected chi connectivity index (χ0v) is 17.7. The summed E-state index contributed by atoms with van der Waals surface area (Å²) in [6.45, 7) is 4.14. The van der Waals surface area contributed by atoms with Crippen molar-refractivity contribution in [2.45, 2.75) is 25.8 Å². The van der Waals surface area contributed by atoms with Gasteiger partial charge in [-0.3, -0.25) is 9.59 Å².